The third-order valence-electron chi connectivity index (χ3n) is 9.73. The van der Waals surface area contributed by atoms with Gasteiger partial charge in [0.05, 0.1) is 45.3 Å². The highest BCUT2D eigenvalue weighted by Crippen LogP contribution is 2.55. The third kappa shape index (κ3) is 6.53. The monoisotopic (exact) mass is 801 g/mol. The van der Waals surface area contributed by atoms with Crippen LogP contribution in [-0.4, -0.2) is 122 Å². The van der Waals surface area contributed by atoms with Gasteiger partial charge in [-0.15, -0.1) is 0 Å². The number of nitrogens with zero attached hydrogens (tertiary/aromatic N) is 3. The molecule has 0 spiro atoms. The molecule has 16 nitrogen and oxygen atoms in total. The second kappa shape index (κ2) is 14.2. The van der Waals surface area contributed by atoms with Crippen LogP contribution in [0.25, 0.3) is 10.9 Å². The van der Waals surface area contributed by atoms with Gasteiger partial charge in [-0.1, -0.05) is 15.9 Å². The van der Waals surface area contributed by atoms with Crippen molar-refractivity contribution in [1.29, 1.82) is 0 Å². The maximum absolute atomic E-state index is 14.4. The molecule has 3 aliphatic rings. The lowest BCUT2D eigenvalue weighted by Gasteiger charge is -2.35. The van der Waals surface area contributed by atoms with Crippen molar-refractivity contribution >= 4 is 62.3 Å². The Kier molecular flexibility index (Phi) is 10.1. The summed E-state index contributed by atoms with van der Waals surface area (Å²) in [5, 5.41) is 16.0. The number of aliphatic hydroxyl groups excluding tert-OH is 1. The molecule has 17 heteroatoms. The summed E-state index contributed by atoms with van der Waals surface area (Å²) in [6.45, 7) is 7.86. The first kappa shape index (κ1) is 37.8. The number of H-pyrrole nitrogens is 1. The second-order valence-electron chi connectivity index (χ2n) is 14.2. The number of methoxy groups -OCH3 is 4. The number of aromatic nitrogens is 1. The van der Waals surface area contributed by atoms with E-state index < -0.39 is 41.3 Å². The lowest BCUT2D eigenvalue weighted by atomic mass is 9.88. The highest BCUT2D eigenvalue weighted by molar-refractivity contribution is 9.09. The van der Waals surface area contributed by atoms with Gasteiger partial charge in [0.2, 0.25) is 5.75 Å². The lowest BCUT2D eigenvalue weighted by Crippen LogP contribution is -2.52. The van der Waals surface area contributed by atoms with Crippen LogP contribution in [-0.2, 0) is 14.3 Å². The highest BCUT2D eigenvalue weighted by atomic mass is 79.9. The van der Waals surface area contributed by atoms with Crippen molar-refractivity contribution in [2.24, 2.45) is 0 Å². The van der Waals surface area contributed by atoms with Gasteiger partial charge < -0.3 is 58.5 Å². The van der Waals surface area contributed by atoms with Crippen LogP contribution in [0.1, 0.15) is 61.3 Å². The minimum Gasteiger partial charge on any atom is -0.493 e. The molecule has 0 aliphatic carbocycles. The summed E-state index contributed by atoms with van der Waals surface area (Å²) >= 11 is 3.59. The van der Waals surface area contributed by atoms with Gasteiger partial charge in [-0.05, 0) is 45.4 Å². The zero-order valence-corrected chi connectivity index (χ0v) is 32.5. The van der Waals surface area contributed by atoms with E-state index >= 15 is 0 Å². The summed E-state index contributed by atoms with van der Waals surface area (Å²) in [4.78, 5) is 61.5. The fraction of sp³-hybridized carbons (Fsp3) is 0.500. The number of halogens is 1. The van der Waals surface area contributed by atoms with Gasteiger partial charge in [-0.25, -0.2) is 14.4 Å². The Balaban J connectivity index is 1.38. The Morgan fingerprint density at radius 2 is 1.55 bits per heavy atom. The number of aromatic amines is 1. The largest absolute Gasteiger partial charge is 0.493 e. The molecule has 0 radical (unpaired) electrons. The molecule has 6 rings (SSSR count). The number of carbonyl (C=O) groups is 4. The number of hydrogen-bond acceptors (Lipinski definition) is 12. The van der Waals surface area contributed by atoms with Crippen LogP contribution in [0.3, 0.4) is 0 Å². The number of amides is 3. The number of fused-ring (bicyclic) bond motifs is 4. The van der Waals surface area contributed by atoms with E-state index in [2.05, 4.69) is 26.2 Å². The predicted molar refractivity (Wildman–Crippen MR) is 197 cm³/mol. The van der Waals surface area contributed by atoms with Crippen molar-refractivity contribution in [1.82, 2.24) is 14.8 Å². The fourth-order valence-electron chi connectivity index (χ4n) is 7.11. The predicted octanol–water partition coefficient (Wildman–Crippen LogP) is 4.77. The molecule has 3 N–H and O–H groups in total. The maximum atomic E-state index is 14.4. The summed E-state index contributed by atoms with van der Waals surface area (Å²) < 4.78 is 33.2. The third-order valence-corrected chi connectivity index (χ3v) is 10.5. The van der Waals surface area contributed by atoms with E-state index in [1.807, 2.05) is 0 Å². The first-order valence-corrected chi connectivity index (χ1v) is 18.1. The first-order chi connectivity index (χ1) is 25.1. The Morgan fingerprint density at radius 3 is 2.11 bits per heavy atom. The molecule has 4 heterocycles. The van der Waals surface area contributed by atoms with Crippen LogP contribution in [0.2, 0.25) is 0 Å². The molecular weight excluding hydrogens is 758 g/mol. The van der Waals surface area contributed by atoms with E-state index in [-0.39, 0.29) is 55.8 Å². The van der Waals surface area contributed by atoms with Crippen molar-refractivity contribution in [2.75, 3.05) is 76.7 Å². The number of ether oxygens (including phenoxy) is 6. The van der Waals surface area contributed by atoms with Crippen LogP contribution in [0.4, 0.5) is 21.0 Å². The molecule has 3 amide bonds. The lowest BCUT2D eigenvalue weighted by molar-refractivity contribution is -0.149. The molecule has 1 aromatic heterocycles. The molecule has 1 fully saturated rings. The van der Waals surface area contributed by atoms with Gasteiger partial charge in [0, 0.05) is 61.0 Å². The summed E-state index contributed by atoms with van der Waals surface area (Å²) in [6, 6.07) is 4.98. The number of alkyl halides is 1. The standard InChI is InChI=1S/C36H44BrN5O11/c1-35(2,3)53-34(47)41-11-9-40(10-12-41)33(46)52-22-15-21-24(25-27(22)39-36(4,30(25)43)32(45)51-8)19(16-37)17-42(21)31(44)20-13-18-14-23(48-5)28(49-6)29(50-7)26(18)38-20/h13-15,19,30,38-39,43H,9-12,16-17H2,1-8H3/t19-,30-,36+/m1/s1. The average Bonchev–Trinajstić information content (AvgIpc) is 3.81. The number of aliphatic hydroxyl groups is 1. The van der Waals surface area contributed by atoms with Crippen molar-refractivity contribution in [2.45, 2.75) is 50.9 Å². The van der Waals surface area contributed by atoms with Crippen LogP contribution in [0, 0.1) is 0 Å². The van der Waals surface area contributed by atoms with Crippen LogP contribution >= 0.6 is 15.9 Å². The van der Waals surface area contributed by atoms with Gasteiger partial charge in [0.15, 0.2) is 22.8 Å². The molecule has 0 saturated carbocycles. The van der Waals surface area contributed by atoms with E-state index in [9.17, 15) is 24.3 Å². The summed E-state index contributed by atoms with van der Waals surface area (Å²) in [5.41, 5.74) is 0.0193. The van der Waals surface area contributed by atoms with E-state index in [1.165, 1.54) is 45.2 Å². The minimum atomic E-state index is -1.63. The van der Waals surface area contributed by atoms with Gasteiger partial charge in [-0.2, -0.15) is 0 Å². The quantitative estimate of drug-likeness (QED) is 0.220. The number of carbonyl (C=O) groups excluding carboxylic acids is 4. The number of hydrogen-bond donors (Lipinski definition) is 3. The zero-order valence-electron chi connectivity index (χ0n) is 30.9. The maximum Gasteiger partial charge on any atom is 0.415 e. The van der Waals surface area contributed by atoms with Crippen molar-refractivity contribution < 1.29 is 52.7 Å². The number of benzene rings is 2. The van der Waals surface area contributed by atoms with E-state index in [4.69, 9.17) is 28.4 Å². The van der Waals surface area contributed by atoms with Crippen molar-refractivity contribution in [3.05, 3.63) is 35.0 Å². The molecule has 53 heavy (non-hydrogen) atoms. The minimum absolute atomic E-state index is 0.00538. The highest BCUT2D eigenvalue weighted by Gasteiger charge is 2.53. The van der Waals surface area contributed by atoms with E-state index in [0.29, 0.717) is 50.3 Å². The Hall–Kier alpha value is -4.90. The summed E-state index contributed by atoms with van der Waals surface area (Å²) in [7, 11) is 5.70. The smallest absolute Gasteiger partial charge is 0.415 e. The van der Waals surface area contributed by atoms with E-state index in [1.54, 1.807) is 43.9 Å². The molecule has 3 aromatic rings. The van der Waals surface area contributed by atoms with Gasteiger partial charge in [0.25, 0.3) is 5.91 Å². The zero-order chi connectivity index (χ0) is 38.6. The molecule has 0 unspecified atom stereocenters. The average molecular weight is 803 g/mol. The molecule has 286 valence electrons. The second-order valence-corrected chi connectivity index (χ2v) is 14.8. The topological polar surface area (TPSA) is 181 Å². The SMILES string of the molecule is COC(=O)[C@@]1(C)Nc2c(OC(=O)N3CCN(C(=O)OC(C)(C)C)CC3)cc3c(c2[C@H]1O)[C@H](CBr)CN3C(=O)c1cc2cc(OC)c(OC)c(OC)c2[nH]1. The van der Waals surface area contributed by atoms with Crippen LogP contribution in [0.5, 0.6) is 23.0 Å². The number of piperazine rings is 1. The molecule has 2 aromatic carbocycles. The molecule has 1 saturated heterocycles. The van der Waals surface area contributed by atoms with Gasteiger partial charge >= 0.3 is 18.2 Å². The number of anilines is 2. The summed E-state index contributed by atoms with van der Waals surface area (Å²) in [5.74, 6) is -0.310. The number of nitrogens with one attached hydrogen (secondary N) is 2. The van der Waals surface area contributed by atoms with Gasteiger partial charge in [0.1, 0.15) is 17.4 Å². The molecule has 3 aliphatic heterocycles. The first-order valence-electron chi connectivity index (χ1n) is 17.0. The molecule has 0 bridgehead atoms. The van der Waals surface area contributed by atoms with Gasteiger partial charge in [-0.3, -0.25) is 4.79 Å². The van der Waals surface area contributed by atoms with Crippen molar-refractivity contribution in [3.63, 3.8) is 0 Å². The number of rotatable bonds is 7. The van der Waals surface area contributed by atoms with Crippen LogP contribution in [0.15, 0.2) is 18.2 Å². The number of esters is 1. The normalized spacial score (nSPS) is 20.8. The van der Waals surface area contributed by atoms with Crippen molar-refractivity contribution in [3.8, 4) is 23.0 Å². The van der Waals surface area contributed by atoms with Crippen LogP contribution < -0.4 is 29.2 Å². The fourth-order valence-corrected chi connectivity index (χ4v) is 7.63. The Bertz CT molecular complexity index is 1970. The van der Waals surface area contributed by atoms with E-state index in [0.717, 1.165) is 0 Å². The summed E-state index contributed by atoms with van der Waals surface area (Å²) in [6.07, 6.45) is -2.61. The molecule has 3 atom stereocenters. The Labute approximate surface area is 314 Å². The Morgan fingerprint density at radius 1 is 0.906 bits per heavy atom. The molecular formula is C36H44BrN5O11.